The number of likely N-dealkylation sites (tertiary alicyclic amines) is 1. The smallest absolute Gasteiger partial charge is 0.225 e. The van der Waals surface area contributed by atoms with Crippen molar-refractivity contribution in [1.82, 2.24) is 4.90 Å². The van der Waals surface area contributed by atoms with Gasteiger partial charge in [-0.3, -0.25) is 9.59 Å². The molecule has 1 aliphatic heterocycles. The second kappa shape index (κ2) is 10.0. The second-order valence-electron chi connectivity index (χ2n) is 7.53. The maximum Gasteiger partial charge on any atom is 0.225 e. The Morgan fingerprint density at radius 2 is 1.64 bits per heavy atom. The van der Waals surface area contributed by atoms with Gasteiger partial charge in [-0.25, -0.2) is 0 Å². The third kappa shape index (κ3) is 6.50. The lowest BCUT2D eigenvalue weighted by molar-refractivity contribution is -0.116. The summed E-state index contributed by atoms with van der Waals surface area (Å²) in [5.41, 5.74) is 2.81. The molecule has 5 nitrogen and oxygen atoms in total. The molecule has 0 spiro atoms. The quantitative estimate of drug-likeness (QED) is 0.766. The summed E-state index contributed by atoms with van der Waals surface area (Å²) < 4.78 is 0. The molecule has 0 atom stereocenters. The summed E-state index contributed by atoms with van der Waals surface area (Å²) in [6.07, 6.45) is 4.01. The Bertz CT molecular complexity index is 783. The standard InChI is InChI=1S/C23H29N3O2/c1-18(27)24-21-8-5-9-22(17-21)25-23(28)12-15-26-13-10-20(11-14-26)16-19-6-3-2-4-7-19/h2-9,17,20H,10-16H2,1H3,(H,24,27)(H,25,28). The first-order valence-electron chi connectivity index (χ1n) is 10.0. The Morgan fingerprint density at radius 3 is 2.32 bits per heavy atom. The van der Waals surface area contributed by atoms with E-state index in [0.717, 1.165) is 32.0 Å². The van der Waals surface area contributed by atoms with Crippen LogP contribution in [0, 0.1) is 5.92 Å². The van der Waals surface area contributed by atoms with Crippen molar-refractivity contribution >= 4 is 23.2 Å². The van der Waals surface area contributed by atoms with Crippen molar-refractivity contribution in [3.05, 3.63) is 60.2 Å². The van der Waals surface area contributed by atoms with Gasteiger partial charge in [-0.1, -0.05) is 36.4 Å². The van der Waals surface area contributed by atoms with Gasteiger partial charge >= 0.3 is 0 Å². The van der Waals surface area contributed by atoms with E-state index in [0.29, 0.717) is 17.8 Å². The molecule has 2 amide bonds. The van der Waals surface area contributed by atoms with Crippen LogP contribution in [0.2, 0.25) is 0 Å². The predicted octanol–water partition coefficient (Wildman–Crippen LogP) is 3.93. The highest BCUT2D eigenvalue weighted by Crippen LogP contribution is 2.22. The van der Waals surface area contributed by atoms with Crippen LogP contribution in [-0.4, -0.2) is 36.3 Å². The minimum absolute atomic E-state index is 0.00591. The van der Waals surface area contributed by atoms with Gasteiger partial charge in [0, 0.05) is 31.3 Å². The van der Waals surface area contributed by atoms with E-state index in [-0.39, 0.29) is 11.8 Å². The number of anilines is 2. The van der Waals surface area contributed by atoms with E-state index in [2.05, 4.69) is 45.9 Å². The summed E-state index contributed by atoms with van der Waals surface area (Å²) in [7, 11) is 0. The molecule has 148 valence electrons. The highest BCUT2D eigenvalue weighted by Gasteiger charge is 2.19. The van der Waals surface area contributed by atoms with E-state index < -0.39 is 0 Å². The maximum atomic E-state index is 12.3. The monoisotopic (exact) mass is 379 g/mol. The maximum absolute atomic E-state index is 12.3. The predicted molar refractivity (Wildman–Crippen MR) is 113 cm³/mol. The molecule has 1 aliphatic rings. The zero-order valence-electron chi connectivity index (χ0n) is 16.5. The summed E-state index contributed by atoms with van der Waals surface area (Å²) in [5.74, 6) is 0.620. The van der Waals surface area contributed by atoms with E-state index in [1.807, 2.05) is 12.1 Å². The molecule has 28 heavy (non-hydrogen) atoms. The number of nitrogens with zero attached hydrogens (tertiary/aromatic N) is 1. The zero-order chi connectivity index (χ0) is 19.8. The van der Waals surface area contributed by atoms with Crippen LogP contribution in [0.1, 0.15) is 31.7 Å². The van der Waals surface area contributed by atoms with E-state index in [1.165, 1.54) is 25.3 Å². The second-order valence-corrected chi connectivity index (χ2v) is 7.53. The molecule has 3 rings (SSSR count). The van der Waals surface area contributed by atoms with Gasteiger partial charge in [0.25, 0.3) is 0 Å². The first kappa shape index (κ1) is 20.1. The molecular formula is C23H29N3O2. The minimum Gasteiger partial charge on any atom is -0.326 e. The Balaban J connectivity index is 1.38. The van der Waals surface area contributed by atoms with Gasteiger partial charge in [-0.15, -0.1) is 0 Å². The number of rotatable bonds is 7. The fourth-order valence-corrected chi connectivity index (χ4v) is 3.72. The van der Waals surface area contributed by atoms with Gasteiger partial charge < -0.3 is 15.5 Å². The summed E-state index contributed by atoms with van der Waals surface area (Å²) in [4.78, 5) is 25.8. The van der Waals surface area contributed by atoms with Gasteiger partial charge in [0.05, 0.1) is 0 Å². The fourth-order valence-electron chi connectivity index (χ4n) is 3.72. The highest BCUT2D eigenvalue weighted by molar-refractivity contribution is 5.93. The first-order chi connectivity index (χ1) is 13.6. The molecule has 1 saturated heterocycles. The average Bonchev–Trinajstić information content (AvgIpc) is 2.68. The lowest BCUT2D eigenvalue weighted by Gasteiger charge is -2.31. The summed E-state index contributed by atoms with van der Waals surface area (Å²) in [6.45, 7) is 4.37. The Morgan fingerprint density at radius 1 is 0.964 bits per heavy atom. The van der Waals surface area contributed by atoms with Crippen molar-refractivity contribution in [2.75, 3.05) is 30.3 Å². The Kier molecular flexibility index (Phi) is 7.20. The lowest BCUT2D eigenvalue weighted by atomic mass is 9.90. The molecule has 1 heterocycles. The molecule has 0 radical (unpaired) electrons. The summed E-state index contributed by atoms with van der Waals surface area (Å²) in [6, 6.07) is 17.9. The SMILES string of the molecule is CC(=O)Nc1cccc(NC(=O)CCN2CCC(Cc3ccccc3)CC2)c1. The normalized spacial score (nSPS) is 15.2. The van der Waals surface area contributed by atoms with E-state index >= 15 is 0 Å². The van der Waals surface area contributed by atoms with Crippen LogP contribution in [0.15, 0.2) is 54.6 Å². The van der Waals surface area contributed by atoms with Crippen LogP contribution in [0.4, 0.5) is 11.4 Å². The van der Waals surface area contributed by atoms with Gasteiger partial charge in [-0.2, -0.15) is 0 Å². The van der Waals surface area contributed by atoms with Crippen LogP contribution in [0.3, 0.4) is 0 Å². The molecule has 2 N–H and O–H groups in total. The number of hydrogen-bond donors (Lipinski definition) is 2. The van der Waals surface area contributed by atoms with Crippen LogP contribution in [0.25, 0.3) is 0 Å². The highest BCUT2D eigenvalue weighted by atomic mass is 16.2. The van der Waals surface area contributed by atoms with Gasteiger partial charge in [0.1, 0.15) is 0 Å². The van der Waals surface area contributed by atoms with Crippen LogP contribution >= 0.6 is 0 Å². The van der Waals surface area contributed by atoms with Crippen molar-refractivity contribution in [2.24, 2.45) is 5.92 Å². The Hall–Kier alpha value is -2.66. The first-order valence-corrected chi connectivity index (χ1v) is 10.0. The zero-order valence-corrected chi connectivity index (χ0v) is 16.5. The molecule has 0 saturated carbocycles. The number of nitrogens with one attached hydrogen (secondary N) is 2. The van der Waals surface area contributed by atoms with Crippen LogP contribution < -0.4 is 10.6 Å². The van der Waals surface area contributed by atoms with Gasteiger partial charge in [0.15, 0.2) is 0 Å². The van der Waals surface area contributed by atoms with Crippen molar-refractivity contribution in [1.29, 1.82) is 0 Å². The summed E-state index contributed by atoms with van der Waals surface area (Å²) in [5, 5.41) is 5.64. The number of carbonyl (C=O) groups is 2. The molecule has 0 aliphatic carbocycles. The average molecular weight is 380 g/mol. The number of piperidine rings is 1. The van der Waals surface area contributed by atoms with Crippen molar-refractivity contribution in [2.45, 2.75) is 32.6 Å². The third-order valence-corrected chi connectivity index (χ3v) is 5.20. The Labute approximate surface area is 167 Å². The fraction of sp³-hybridized carbons (Fsp3) is 0.391. The van der Waals surface area contributed by atoms with Gasteiger partial charge in [0.2, 0.25) is 11.8 Å². The molecule has 0 bridgehead atoms. The van der Waals surface area contributed by atoms with Crippen molar-refractivity contribution in [3.8, 4) is 0 Å². The van der Waals surface area contributed by atoms with Gasteiger partial charge in [-0.05, 0) is 62.0 Å². The van der Waals surface area contributed by atoms with E-state index in [9.17, 15) is 9.59 Å². The molecule has 1 fully saturated rings. The van der Waals surface area contributed by atoms with Crippen LogP contribution in [-0.2, 0) is 16.0 Å². The van der Waals surface area contributed by atoms with Crippen molar-refractivity contribution < 1.29 is 9.59 Å². The molecule has 2 aromatic carbocycles. The molecular weight excluding hydrogens is 350 g/mol. The van der Waals surface area contributed by atoms with Crippen LogP contribution in [0.5, 0.6) is 0 Å². The van der Waals surface area contributed by atoms with E-state index in [1.54, 1.807) is 12.1 Å². The number of carbonyl (C=O) groups excluding carboxylic acids is 2. The third-order valence-electron chi connectivity index (χ3n) is 5.20. The van der Waals surface area contributed by atoms with Crippen molar-refractivity contribution in [3.63, 3.8) is 0 Å². The number of hydrogen-bond acceptors (Lipinski definition) is 3. The largest absolute Gasteiger partial charge is 0.326 e. The lowest BCUT2D eigenvalue weighted by Crippen LogP contribution is -2.36. The molecule has 0 aromatic heterocycles. The molecule has 2 aromatic rings. The topological polar surface area (TPSA) is 61.4 Å². The minimum atomic E-state index is -0.126. The molecule has 0 unspecified atom stereocenters. The number of benzene rings is 2. The number of amides is 2. The molecule has 5 heteroatoms. The summed E-state index contributed by atoms with van der Waals surface area (Å²) >= 11 is 0. The van der Waals surface area contributed by atoms with E-state index in [4.69, 9.17) is 0 Å².